The summed E-state index contributed by atoms with van der Waals surface area (Å²) in [6.45, 7) is 1.14. The lowest BCUT2D eigenvalue weighted by atomic mass is 10.2. The second-order valence-electron chi connectivity index (χ2n) is 6.22. The van der Waals surface area contributed by atoms with E-state index in [-0.39, 0.29) is 5.91 Å². The summed E-state index contributed by atoms with van der Waals surface area (Å²) in [6.07, 6.45) is 4.79. The van der Waals surface area contributed by atoms with Crippen molar-refractivity contribution in [1.82, 2.24) is 20.0 Å². The summed E-state index contributed by atoms with van der Waals surface area (Å²) in [5.41, 5.74) is 0.828. The van der Waals surface area contributed by atoms with E-state index < -0.39 is 0 Å². The fraction of sp³-hybridized carbons (Fsp3) is 0.300. The summed E-state index contributed by atoms with van der Waals surface area (Å²) < 4.78 is 10.9. The van der Waals surface area contributed by atoms with Crippen LogP contribution in [-0.2, 0) is 11.2 Å². The molecule has 0 atom stereocenters. The largest absolute Gasteiger partial charge is 0.494 e. The van der Waals surface area contributed by atoms with Gasteiger partial charge in [0, 0.05) is 49.4 Å². The Hall–Kier alpha value is -2.93. The van der Waals surface area contributed by atoms with E-state index in [1.807, 2.05) is 12.1 Å². The van der Waals surface area contributed by atoms with Crippen LogP contribution in [0.1, 0.15) is 18.7 Å². The first-order valence-corrected chi connectivity index (χ1v) is 9.35. The number of pyridine rings is 1. The molecule has 146 valence electrons. The maximum absolute atomic E-state index is 12.3. The average Bonchev–Trinajstić information content (AvgIpc) is 3.20. The number of nitrogens with zero attached hydrogens (tertiary/aromatic N) is 4. The second kappa shape index (κ2) is 9.85. The summed E-state index contributed by atoms with van der Waals surface area (Å²) in [4.78, 5) is 22.2. The van der Waals surface area contributed by atoms with Gasteiger partial charge in [-0.1, -0.05) is 16.8 Å². The molecule has 0 N–H and O–H groups in total. The van der Waals surface area contributed by atoms with E-state index in [2.05, 4.69) is 15.1 Å². The Morgan fingerprint density at radius 2 is 1.93 bits per heavy atom. The molecule has 2 aromatic heterocycles. The van der Waals surface area contributed by atoms with E-state index >= 15 is 0 Å². The smallest absolute Gasteiger partial charge is 0.227 e. The Morgan fingerprint density at radius 1 is 1.18 bits per heavy atom. The van der Waals surface area contributed by atoms with E-state index in [4.69, 9.17) is 20.9 Å². The first kappa shape index (κ1) is 19.8. The maximum Gasteiger partial charge on any atom is 0.227 e. The van der Waals surface area contributed by atoms with Crippen LogP contribution in [0.5, 0.6) is 5.75 Å². The standard InChI is InChI=1S/C20H21ClN4O3/c1-25(13-2-14-27-17-5-3-16(21)4-6-17)19(26)8-7-18-23-20(24-28-18)15-9-11-22-12-10-15/h3-6,9-12H,2,7-8,13-14H2,1H3. The second-order valence-corrected chi connectivity index (χ2v) is 6.66. The minimum absolute atomic E-state index is 0.0233. The average molecular weight is 401 g/mol. The number of amides is 1. The fourth-order valence-corrected chi connectivity index (χ4v) is 2.65. The van der Waals surface area contributed by atoms with Crippen molar-refractivity contribution in [1.29, 1.82) is 0 Å². The molecule has 0 radical (unpaired) electrons. The highest BCUT2D eigenvalue weighted by molar-refractivity contribution is 6.30. The minimum Gasteiger partial charge on any atom is -0.494 e. The molecule has 0 fully saturated rings. The van der Waals surface area contributed by atoms with Crippen molar-refractivity contribution in [2.45, 2.75) is 19.3 Å². The Morgan fingerprint density at radius 3 is 2.68 bits per heavy atom. The molecular weight excluding hydrogens is 380 g/mol. The first-order valence-electron chi connectivity index (χ1n) is 8.97. The molecule has 2 heterocycles. The summed E-state index contributed by atoms with van der Waals surface area (Å²) >= 11 is 5.84. The predicted octanol–water partition coefficient (Wildman–Crippen LogP) is 3.65. The maximum atomic E-state index is 12.3. The van der Waals surface area contributed by atoms with Gasteiger partial charge in [0.2, 0.25) is 17.6 Å². The van der Waals surface area contributed by atoms with Gasteiger partial charge in [0.1, 0.15) is 5.75 Å². The Kier molecular flexibility index (Phi) is 6.97. The predicted molar refractivity (Wildman–Crippen MR) is 105 cm³/mol. The molecule has 0 spiro atoms. The number of halogens is 1. The van der Waals surface area contributed by atoms with Crippen LogP contribution < -0.4 is 4.74 Å². The third-order valence-electron chi connectivity index (χ3n) is 4.11. The molecular formula is C20H21ClN4O3. The molecule has 0 saturated heterocycles. The molecule has 0 unspecified atom stereocenters. The van der Waals surface area contributed by atoms with Gasteiger partial charge in [-0.2, -0.15) is 4.98 Å². The van der Waals surface area contributed by atoms with Crippen LogP contribution in [0, 0.1) is 0 Å². The molecule has 1 aromatic carbocycles. The molecule has 0 aliphatic heterocycles. The van der Waals surface area contributed by atoms with Crippen LogP contribution in [0.4, 0.5) is 0 Å². The normalized spacial score (nSPS) is 10.6. The van der Waals surface area contributed by atoms with Crippen molar-refractivity contribution in [2.75, 3.05) is 20.2 Å². The molecule has 0 aliphatic carbocycles. The third-order valence-corrected chi connectivity index (χ3v) is 4.36. The van der Waals surface area contributed by atoms with Crippen molar-refractivity contribution in [3.63, 3.8) is 0 Å². The van der Waals surface area contributed by atoms with Crippen LogP contribution in [0.2, 0.25) is 5.02 Å². The van der Waals surface area contributed by atoms with E-state index in [1.165, 1.54) is 0 Å². The number of carbonyl (C=O) groups excluding carboxylic acids is 1. The summed E-state index contributed by atoms with van der Waals surface area (Å²) in [5.74, 6) is 1.73. The van der Waals surface area contributed by atoms with Gasteiger partial charge in [0.15, 0.2) is 0 Å². The number of aromatic nitrogens is 3. The van der Waals surface area contributed by atoms with Crippen LogP contribution in [-0.4, -0.2) is 46.1 Å². The first-order chi connectivity index (χ1) is 13.6. The summed E-state index contributed by atoms with van der Waals surface area (Å²) in [5, 5.41) is 4.61. The zero-order chi connectivity index (χ0) is 19.8. The molecule has 0 bridgehead atoms. The van der Waals surface area contributed by atoms with Gasteiger partial charge in [0.25, 0.3) is 0 Å². The summed E-state index contributed by atoms with van der Waals surface area (Å²) in [6, 6.07) is 10.8. The van der Waals surface area contributed by atoms with Crippen molar-refractivity contribution >= 4 is 17.5 Å². The third kappa shape index (κ3) is 5.79. The molecule has 0 saturated carbocycles. The lowest BCUT2D eigenvalue weighted by molar-refractivity contribution is -0.130. The van der Waals surface area contributed by atoms with Gasteiger partial charge in [-0.05, 0) is 42.8 Å². The lowest BCUT2D eigenvalue weighted by Crippen LogP contribution is -2.28. The van der Waals surface area contributed by atoms with Crippen LogP contribution >= 0.6 is 11.6 Å². The highest BCUT2D eigenvalue weighted by Gasteiger charge is 2.13. The van der Waals surface area contributed by atoms with E-state index in [0.29, 0.717) is 42.7 Å². The van der Waals surface area contributed by atoms with Gasteiger partial charge in [-0.15, -0.1) is 0 Å². The van der Waals surface area contributed by atoms with Crippen LogP contribution in [0.25, 0.3) is 11.4 Å². The Labute approximate surface area is 168 Å². The number of benzene rings is 1. The Bertz CT molecular complexity index is 884. The van der Waals surface area contributed by atoms with E-state index in [0.717, 1.165) is 17.7 Å². The SMILES string of the molecule is CN(CCCOc1ccc(Cl)cc1)C(=O)CCc1nc(-c2ccncc2)no1. The quantitative estimate of drug-likeness (QED) is 0.510. The Balaban J connectivity index is 1.37. The van der Waals surface area contributed by atoms with Gasteiger partial charge in [0.05, 0.1) is 6.61 Å². The zero-order valence-electron chi connectivity index (χ0n) is 15.5. The molecule has 3 aromatic rings. The van der Waals surface area contributed by atoms with Crippen molar-refractivity contribution in [3.8, 4) is 17.1 Å². The molecule has 28 heavy (non-hydrogen) atoms. The molecule has 7 nitrogen and oxygen atoms in total. The fourth-order valence-electron chi connectivity index (χ4n) is 2.53. The zero-order valence-corrected chi connectivity index (χ0v) is 16.3. The highest BCUT2D eigenvalue weighted by Crippen LogP contribution is 2.16. The van der Waals surface area contributed by atoms with Gasteiger partial charge in [-0.3, -0.25) is 9.78 Å². The van der Waals surface area contributed by atoms with Gasteiger partial charge < -0.3 is 14.2 Å². The number of carbonyl (C=O) groups is 1. The van der Waals surface area contributed by atoms with Gasteiger partial charge >= 0.3 is 0 Å². The lowest BCUT2D eigenvalue weighted by Gasteiger charge is -2.16. The topological polar surface area (TPSA) is 81.4 Å². The highest BCUT2D eigenvalue weighted by atomic mass is 35.5. The molecule has 8 heteroatoms. The summed E-state index contributed by atoms with van der Waals surface area (Å²) in [7, 11) is 1.78. The minimum atomic E-state index is 0.0233. The monoisotopic (exact) mass is 400 g/mol. The van der Waals surface area contributed by atoms with E-state index in [1.54, 1.807) is 48.6 Å². The number of rotatable bonds is 9. The van der Waals surface area contributed by atoms with Crippen molar-refractivity contribution in [3.05, 3.63) is 59.7 Å². The van der Waals surface area contributed by atoms with E-state index in [9.17, 15) is 4.79 Å². The van der Waals surface area contributed by atoms with Crippen molar-refractivity contribution < 1.29 is 14.1 Å². The van der Waals surface area contributed by atoms with Crippen LogP contribution in [0.15, 0.2) is 53.3 Å². The molecule has 0 aliphatic rings. The number of ether oxygens (including phenoxy) is 1. The number of aryl methyl sites for hydroxylation is 1. The van der Waals surface area contributed by atoms with Crippen LogP contribution in [0.3, 0.4) is 0 Å². The molecule has 1 amide bonds. The number of hydrogen-bond acceptors (Lipinski definition) is 6. The molecule has 3 rings (SSSR count). The van der Waals surface area contributed by atoms with Crippen molar-refractivity contribution in [2.24, 2.45) is 0 Å². The van der Waals surface area contributed by atoms with Gasteiger partial charge in [-0.25, -0.2) is 0 Å². The number of hydrogen-bond donors (Lipinski definition) is 0.